The molecule has 0 aliphatic carbocycles. The van der Waals surface area contributed by atoms with Crippen molar-refractivity contribution in [2.24, 2.45) is 0 Å². The first-order valence-corrected chi connectivity index (χ1v) is 10.5. The fourth-order valence-electron chi connectivity index (χ4n) is 3.69. The molecule has 4 rings (SSSR count). The molecule has 0 spiro atoms. The molecule has 1 N–H and O–H groups in total. The Bertz CT molecular complexity index is 916. The van der Waals surface area contributed by atoms with Gasteiger partial charge in [-0.05, 0) is 42.3 Å². The Morgan fingerprint density at radius 1 is 1.11 bits per heavy atom. The maximum Gasteiger partial charge on any atom is 0.243 e. The molecule has 1 unspecified atom stereocenters. The Balaban J connectivity index is 1.62. The first-order valence-electron chi connectivity index (χ1n) is 9.10. The van der Waals surface area contributed by atoms with Gasteiger partial charge in [-0.15, -0.1) is 0 Å². The van der Waals surface area contributed by atoms with E-state index < -0.39 is 10.0 Å². The van der Waals surface area contributed by atoms with E-state index in [0.29, 0.717) is 32.6 Å². The third-order valence-corrected chi connectivity index (χ3v) is 7.01. The second kappa shape index (κ2) is 7.38. The maximum atomic E-state index is 13.3. The lowest BCUT2D eigenvalue weighted by Crippen LogP contribution is -2.48. The van der Waals surface area contributed by atoms with Gasteiger partial charge in [-0.3, -0.25) is 9.78 Å². The molecule has 142 valence electrons. The number of pyridine rings is 1. The first kappa shape index (κ1) is 18.1. The first-order chi connectivity index (χ1) is 13.1. The molecule has 8 heteroatoms. The summed E-state index contributed by atoms with van der Waals surface area (Å²) in [5.74, 6) is 0.0874. The predicted octanol–water partition coefficient (Wildman–Crippen LogP) is 1.54. The van der Waals surface area contributed by atoms with Crippen molar-refractivity contribution in [2.45, 2.75) is 23.8 Å². The highest BCUT2D eigenvalue weighted by Gasteiger charge is 2.34. The fraction of sp³-hybridized carbons (Fsp3) is 0.368. The SMILES string of the molecule is O=C1CCCN1c1ccc(S(=O)(=O)N2CCNCC2c2cccnc2)cc1. The number of nitrogens with one attached hydrogen (secondary N) is 1. The Morgan fingerprint density at radius 3 is 2.59 bits per heavy atom. The van der Waals surface area contributed by atoms with E-state index in [1.165, 1.54) is 4.31 Å². The molecule has 2 saturated heterocycles. The van der Waals surface area contributed by atoms with Crippen LogP contribution in [0.4, 0.5) is 5.69 Å². The number of piperazine rings is 1. The number of hydrogen-bond acceptors (Lipinski definition) is 5. The smallest absolute Gasteiger partial charge is 0.243 e. The van der Waals surface area contributed by atoms with Crippen LogP contribution in [-0.2, 0) is 14.8 Å². The quantitative estimate of drug-likeness (QED) is 0.862. The van der Waals surface area contributed by atoms with Crippen LogP contribution < -0.4 is 10.2 Å². The van der Waals surface area contributed by atoms with E-state index in [2.05, 4.69) is 10.3 Å². The van der Waals surface area contributed by atoms with E-state index >= 15 is 0 Å². The van der Waals surface area contributed by atoms with Crippen LogP contribution in [0.5, 0.6) is 0 Å². The lowest BCUT2D eigenvalue weighted by molar-refractivity contribution is -0.117. The van der Waals surface area contributed by atoms with Crippen molar-refractivity contribution in [1.82, 2.24) is 14.6 Å². The van der Waals surface area contributed by atoms with Gasteiger partial charge in [-0.25, -0.2) is 8.42 Å². The van der Waals surface area contributed by atoms with Crippen LogP contribution in [0.2, 0.25) is 0 Å². The van der Waals surface area contributed by atoms with Gasteiger partial charge in [0.25, 0.3) is 0 Å². The van der Waals surface area contributed by atoms with Gasteiger partial charge >= 0.3 is 0 Å². The van der Waals surface area contributed by atoms with E-state index in [9.17, 15) is 13.2 Å². The lowest BCUT2D eigenvalue weighted by atomic mass is 10.1. The molecule has 1 amide bonds. The number of carbonyl (C=O) groups excluding carboxylic acids is 1. The summed E-state index contributed by atoms with van der Waals surface area (Å²) in [5, 5.41) is 3.26. The molecule has 7 nitrogen and oxygen atoms in total. The van der Waals surface area contributed by atoms with Gasteiger partial charge in [0.1, 0.15) is 0 Å². The number of sulfonamides is 1. The fourth-order valence-corrected chi connectivity index (χ4v) is 5.30. The summed E-state index contributed by atoms with van der Waals surface area (Å²) in [6.07, 6.45) is 4.78. The lowest BCUT2D eigenvalue weighted by Gasteiger charge is -2.35. The molecule has 2 aliphatic rings. The van der Waals surface area contributed by atoms with Crippen molar-refractivity contribution in [1.29, 1.82) is 0 Å². The van der Waals surface area contributed by atoms with Gasteiger partial charge in [0.2, 0.25) is 15.9 Å². The number of anilines is 1. The minimum atomic E-state index is -3.65. The number of rotatable bonds is 4. The Morgan fingerprint density at radius 2 is 1.93 bits per heavy atom. The Labute approximate surface area is 159 Å². The largest absolute Gasteiger partial charge is 0.313 e. The van der Waals surface area contributed by atoms with Crippen molar-refractivity contribution in [3.63, 3.8) is 0 Å². The van der Waals surface area contributed by atoms with Gasteiger partial charge in [-0.2, -0.15) is 4.31 Å². The van der Waals surface area contributed by atoms with Gasteiger partial charge < -0.3 is 10.2 Å². The van der Waals surface area contributed by atoms with Gasteiger partial charge in [0.05, 0.1) is 10.9 Å². The van der Waals surface area contributed by atoms with E-state index in [-0.39, 0.29) is 16.8 Å². The minimum absolute atomic E-state index is 0.0874. The topological polar surface area (TPSA) is 82.6 Å². The molecular formula is C19H22N4O3S. The van der Waals surface area contributed by atoms with Crippen molar-refractivity contribution in [2.75, 3.05) is 31.1 Å². The second-order valence-electron chi connectivity index (χ2n) is 6.76. The number of nitrogens with zero attached hydrogens (tertiary/aromatic N) is 3. The van der Waals surface area contributed by atoms with Gasteiger partial charge in [0.15, 0.2) is 0 Å². The van der Waals surface area contributed by atoms with Crippen LogP contribution in [-0.4, -0.2) is 49.8 Å². The van der Waals surface area contributed by atoms with Crippen LogP contribution >= 0.6 is 0 Å². The number of aromatic nitrogens is 1. The monoisotopic (exact) mass is 386 g/mol. The molecule has 0 radical (unpaired) electrons. The van der Waals surface area contributed by atoms with Crippen LogP contribution in [0.25, 0.3) is 0 Å². The van der Waals surface area contributed by atoms with Crippen LogP contribution in [0.3, 0.4) is 0 Å². The van der Waals surface area contributed by atoms with Crippen LogP contribution in [0.1, 0.15) is 24.4 Å². The Kier molecular flexibility index (Phi) is 4.94. The summed E-state index contributed by atoms with van der Waals surface area (Å²) in [4.78, 5) is 18.0. The molecule has 1 atom stereocenters. The molecule has 27 heavy (non-hydrogen) atoms. The van der Waals surface area contributed by atoms with Crippen LogP contribution in [0.15, 0.2) is 53.7 Å². The summed E-state index contributed by atoms with van der Waals surface area (Å²) in [7, 11) is -3.65. The summed E-state index contributed by atoms with van der Waals surface area (Å²) < 4.78 is 28.1. The van der Waals surface area contributed by atoms with Crippen molar-refractivity contribution < 1.29 is 13.2 Å². The summed E-state index contributed by atoms with van der Waals surface area (Å²) >= 11 is 0. The van der Waals surface area contributed by atoms with Crippen LogP contribution in [0, 0.1) is 0 Å². The molecule has 2 aromatic rings. The number of hydrogen-bond donors (Lipinski definition) is 1. The molecular weight excluding hydrogens is 364 g/mol. The maximum absolute atomic E-state index is 13.3. The molecule has 2 fully saturated rings. The summed E-state index contributed by atoms with van der Waals surface area (Å²) in [6, 6.07) is 10.1. The summed E-state index contributed by atoms with van der Waals surface area (Å²) in [5.41, 5.74) is 1.62. The zero-order valence-corrected chi connectivity index (χ0v) is 15.7. The Hall–Kier alpha value is -2.29. The molecule has 3 heterocycles. The average Bonchev–Trinajstić information content (AvgIpc) is 3.15. The highest BCUT2D eigenvalue weighted by atomic mass is 32.2. The number of amides is 1. The van der Waals surface area contributed by atoms with Gasteiger partial charge in [-0.1, -0.05) is 6.07 Å². The summed E-state index contributed by atoms with van der Waals surface area (Å²) in [6.45, 7) is 2.24. The third kappa shape index (κ3) is 3.47. The number of benzene rings is 1. The standard InChI is InChI=1S/C19H22N4O3S/c24-19-4-2-11-22(19)16-5-7-17(8-6-16)27(25,26)23-12-10-21-14-18(23)15-3-1-9-20-13-15/h1,3,5-9,13,18,21H,2,4,10-12,14H2. The zero-order chi connectivity index (χ0) is 18.9. The highest BCUT2D eigenvalue weighted by Crippen LogP contribution is 2.30. The molecule has 1 aromatic heterocycles. The zero-order valence-electron chi connectivity index (χ0n) is 14.9. The second-order valence-corrected chi connectivity index (χ2v) is 8.66. The minimum Gasteiger partial charge on any atom is -0.313 e. The van der Waals surface area contributed by atoms with E-state index in [1.54, 1.807) is 41.6 Å². The third-order valence-electron chi connectivity index (χ3n) is 5.09. The number of carbonyl (C=O) groups is 1. The van der Waals surface area contributed by atoms with E-state index in [4.69, 9.17) is 0 Å². The average molecular weight is 386 g/mol. The molecule has 0 saturated carbocycles. The highest BCUT2D eigenvalue weighted by molar-refractivity contribution is 7.89. The van der Waals surface area contributed by atoms with Gasteiger partial charge in [0, 0.05) is 50.7 Å². The van der Waals surface area contributed by atoms with Crippen molar-refractivity contribution >= 4 is 21.6 Å². The molecule has 2 aliphatic heterocycles. The van der Waals surface area contributed by atoms with E-state index in [1.807, 2.05) is 12.1 Å². The molecule has 0 bridgehead atoms. The normalized spacial score (nSPS) is 21.6. The van der Waals surface area contributed by atoms with E-state index in [0.717, 1.165) is 17.7 Å². The molecule has 1 aromatic carbocycles. The predicted molar refractivity (Wildman–Crippen MR) is 102 cm³/mol. The van der Waals surface area contributed by atoms with Crippen molar-refractivity contribution in [3.8, 4) is 0 Å². The van der Waals surface area contributed by atoms with Crippen molar-refractivity contribution in [3.05, 3.63) is 54.4 Å².